The Hall–Kier alpha value is -4.32. The number of hydrogen-bond donors (Lipinski definition) is 3. The van der Waals surface area contributed by atoms with Crippen LogP contribution in [0.4, 0.5) is 5.69 Å². The lowest BCUT2D eigenvalue weighted by Crippen LogP contribution is -2.49. The number of non-ortho nitro benzene ring substituents is 1. The van der Waals surface area contributed by atoms with Gasteiger partial charge in [0.15, 0.2) is 11.7 Å². The highest BCUT2D eigenvalue weighted by molar-refractivity contribution is 7.80. The van der Waals surface area contributed by atoms with E-state index in [1.165, 1.54) is 60.7 Å². The number of nitro groups is 1. The van der Waals surface area contributed by atoms with Crippen molar-refractivity contribution < 1.29 is 28.8 Å². The minimum Gasteiger partial charge on any atom is -0.484 e. The number of esters is 1. The van der Waals surface area contributed by atoms with Gasteiger partial charge in [-0.05, 0) is 67.2 Å². The first kappa shape index (κ1) is 24.9. The minimum absolute atomic E-state index is 0.0598. The second kappa shape index (κ2) is 12.5. The van der Waals surface area contributed by atoms with Crippen LogP contribution in [0.5, 0.6) is 5.75 Å². The van der Waals surface area contributed by atoms with Gasteiger partial charge in [-0.25, -0.2) is 4.79 Å². The van der Waals surface area contributed by atoms with Crippen molar-refractivity contribution in [1.29, 1.82) is 0 Å². The van der Waals surface area contributed by atoms with Gasteiger partial charge in [-0.1, -0.05) is 0 Å². The summed E-state index contributed by atoms with van der Waals surface area (Å²) in [7, 11) is 0. The van der Waals surface area contributed by atoms with E-state index in [0.29, 0.717) is 16.9 Å². The van der Waals surface area contributed by atoms with Crippen LogP contribution in [0.3, 0.4) is 0 Å². The lowest BCUT2D eigenvalue weighted by Gasteiger charge is -2.10. The van der Waals surface area contributed by atoms with Crippen molar-refractivity contribution >= 4 is 46.9 Å². The monoisotopic (exact) mass is 472 g/mol. The van der Waals surface area contributed by atoms with Crippen molar-refractivity contribution in [2.45, 2.75) is 6.92 Å². The quantitative estimate of drug-likeness (QED) is 0.172. The van der Waals surface area contributed by atoms with E-state index >= 15 is 0 Å². The molecule has 0 aliphatic rings. The molecular weight excluding hydrogens is 452 g/mol. The number of carbonyl (C=O) groups excluding carboxylic acids is 3. The number of rotatable bonds is 8. The number of hydrazine groups is 1. The van der Waals surface area contributed by atoms with Gasteiger partial charge in [0, 0.05) is 18.2 Å². The fraction of sp³-hybridized carbons (Fsp3) is 0.143. The van der Waals surface area contributed by atoms with Crippen molar-refractivity contribution in [3.63, 3.8) is 0 Å². The maximum atomic E-state index is 11.9. The summed E-state index contributed by atoms with van der Waals surface area (Å²) in [6.45, 7) is 1.63. The van der Waals surface area contributed by atoms with Crippen LogP contribution in [0.15, 0.2) is 54.6 Å². The predicted octanol–water partition coefficient (Wildman–Crippen LogP) is 1.89. The molecule has 2 amide bonds. The summed E-state index contributed by atoms with van der Waals surface area (Å²) in [6, 6.07) is 11.7. The molecule has 0 spiro atoms. The molecule has 0 bridgehead atoms. The minimum atomic E-state index is -0.571. The summed E-state index contributed by atoms with van der Waals surface area (Å²) < 4.78 is 10.2. The Kier molecular flexibility index (Phi) is 9.46. The Morgan fingerprint density at radius 3 is 2.33 bits per heavy atom. The molecular formula is C21H20N4O7S. The molecule has 2 rings (SSSR count). The van der Waals surface area contributed by atoms with Gasteiger partial charge in [0.05, 0.1) is 17.1 Å². The number of thiocarbonyl (C=S) groups is 1. The molecule has 172 valence electrons. The molecule has 0 heterocycles. The lowest BCUT2D eigenvalue weighted by atomic mass is 10.2. The zero-order chi connectivity index (χ0) is 24.2. The van der Waals surface area contributed by atoms with E-state index < -0.39 is 22.7 Å². The van der Waals surface area contributed by atoms with Crippen LogP contribution in [0.2, 0.25) is 0 Å². The summed E-state index contributed by atoms with van der Waals surface area (Å²) in [5.74, 6) is -1.23. The van der Waals surface area contributed by atoms with Crippen LogP contribution in [0.25, 0.3) is 6.08 Å². The zero-order valence-electron chi connectivity index (χ0n) is 17.4. The molecule has 0 aliphatic heterocycles. The molecule has 0 radical (unpaired) electrons. The average Bonchev–Trinajstić information content (AvgIpc) is 2.80. The largest absolute Gasteiger partial charge is 0.484 e. The van der Waals surface area contributed by atoms with Gasteiger partial charge in [-0.3, -0.25) is 35.9 Å². The fourth-order valence-electron chi connectivity index (χ4n) is 2.28. The van der Waals surface area contributed by atoms with Gasteiger partial charge in [0.2, 0.25) is 5.91 Å². The fourth-order valence-corrected chi connectivity index (χ4v) is 2.43. The standard InChI is InChI=1S/C21H20N4O7S/c1-2-31-20(28)15-6-10-17(11-7-15)32-13-19(27)23-24-21(33)22-18(26)12-5-14-3-8-16(9-4-14)25(29)30/h3-12H,2,13H2,1H3,(H,23,27)(H2,22,24,26,33)/b12-5+. The highest BCUT2D eigenvalue weighted by Gasteiger charge is 2.08. The van der Waals surface area contributed by atoms with E-state index in [1.807, 2.05) is 0 Å². The number of nitrogens with one attached hydrogen (secondary N) is 3. The maximum Gasteiger partial charge on any atom is 0.338 e. The smallest absolute Gasteiger partial charge is 0.338 e. The van der Waals surface area contributed by atoms with E-state index in [2.05, 4.69) is 16.2 Å². The number of nitrogens with zero attached hydrogens (tertiary/aromatic N) is 1. The average molecular weight is 472 g/mol. The lowest BCUT2D eigenvalue weighted by molar-refractivity contribution is -0.384. The van der Waals surface area contributed by atoms with E-state index in [0.717, 1.165) is 0 Å². The van der Waals surface area contributed by atoms with Crippen LogP contribution in [-0.2, 0) is 14.3 Å². The maximum absolute atomic E-state index is 11.9. The highest BCUT2D eigenvalue weighted by atomic mass is 32.1. The summed E-state index contributed by atoms with van der Waals surface area (Å²) >= 11 is 4.91. The SMILES string of the molecule is CCOC(=O)c1ccc(OCC(=O)NNC(=S)NC(=O)/C=C/c2ccc([N+](=O)[O-])cc2)cc1. The molecule has 2 aromatic carbocycles. The number of ether oxygens (including phenoxy) is 2. The second-order valence-electron chi connectivity index (χ2n) is 6.21. The topological polar surface area (TPSA) is 149 Å². The molecule has 0 unspecified atom stereocenters. The Bertz CT molecular complexity index is 1050. The van der Waals surface area contributed by atoms with E-state index in [1.54, 1.807) is 6.92 Å². The zero-order valence-corrected chi connectivity index (χ0v) is 18.2. The first-order chi connectivity index (χ1) is 15.8. The van der Waals surface area contributed by atoms with E-state index in [4.69, 9.17) is 21.7 Å². The first-order valence-corrected chi connectivity index (χ1v) is 9.91. The molecule has 11 nitrogen and oxygen atoms in total. The summed E-state index contributed by atoms with van der Waals surface area (Å²) in [6.07, 6.45) is 2.63. The third-order valence-electron chi connectivity index (χ3n) is 3.82. The van der Waals surface area contributed by atoms with Crippen LogP contribution >= 0.6 is 12.2 Å². The number of nitro benzene ring substituents is 1. The normalized spacial score (nSPS) is 10.2. The highest BCUT2D eigenvalue weighted by Crippen LogP contribution is 2.13. The molecule has 0 saturated carbocycles. The van der Waals surface area contributed by atoms with Gasteiger partial charge < -0.3 is 9.47 Å². The molecule has 0 fully saturated rings. The molecule has 12 heteroatoms. The van der Waals surface area contributed by atoms with Gasteiger partial charge in [-0.2, -0.15) is 0 Å². The summed E-state index contributed by atoms with van der Waals surface area (Å²) in [5, 5.41) is 12.8. The third-order valence-corrected chi connectivity index (χ3v) is 4.02. The van der Waals surface area contributed by atoms with Crippen molar-refractivity contribution in [3.05, 3.63) is 75.8 Å². The van der Waals surface area contributed by atoms with Crippen LogP contribution in [-0.4, -0.2) is 41.0 Å². The number of amides is 2. The molecule has 0 atom stereocenters. The molecule has 2 aromatic rings. The number of hydrogen-bond acceptors (Lipinski definition) is 8. The Morgan fingerprint density at radius 2 is 1.73 bits per heavy atom. The van der Waals surface area contributed by atoms with E-state index in [9.17, 15) is 24.5 Å². The molecule has 3 N–H and O–H groups in total. The Morgan fingerprint density at radius 1 is 1.06 bits per heavy atom. The van der Waals surface area contributed by atoms with Crippen molar-refractivity contribution in [3.8, 4) is 5.75 Å². The van der Waals surface area contributed by atoms with Crippen LogP contribution in [0.1, 0.15) is 22.8 Å². The summed E-state index contributed by atoms with van der Waals surface area (Å²) in [5.41, 5.74) is 5.50. The van der Waals surface area contributed by atoms with Crippen molar-refractivity contribution in [1.82, 2.24) is 16.2 Å². The molecule has 0 aliphatic carbocycles. The van der Waals surface area contributed by atoms with Crippen molar-refractivity contribution in [2.24, 2.45) is 0 Å². The first-order valence-electron chi connectivity index (χ1n) is 9.50. The number of benzene rings is 2. The van der Waals surface area contributed by atoms with Crippen LogP contribution < -0.4 is 20.9 Å². The second-order valence-corrected chi connectivity index (χ2v) is 6.62. The van der Waals surface area contributed by atoms with Crippen molar-refractivity contribution in [2.75, 3.05) is 13.2 Å². The van der Waals surface area contributed by atoms with Gasteiger partial charge in [0.25, 0.3) is 11.6 Å². The van der Waals surface area contributed by atoms with Gasteiger partial charge >= 0.3 is 5.97 Å². The Labute approximate surface area is 193 Å². The third kappa shape index (κ3) is 8.75. The molecule has 0 aromatic heterocycles. The number of carbonyl (C=O) groups is 3. The predicted molar refractivity (Wildman–Crippen MR) is 122 cm³/mol. The Balaban J connectivity index is 1.70. The summed E-state index contributed by atoms with van der Waals surface area (Å²) in [4.78, 5) is 45.4. The molecule has 33 heavy (non-hydrogen) atoms. The van der Waals surface area contributed by atoms with Crippen LogP contribution in [0, 0.1) is 10.1 Å². The van der Waals surface area contributed by atoms with Gasteiger partial charge in [-0.15, -0.1) is 0 Å². The van der Waals surface area contributed by atoms with Gasteiger partial charge in [0.1, 0.15) is 5.75 Å². The van der Waals surface area contributed by atoms with E-state index in [-0.39, 0.29) is 24.0 Å². The molecule has 0 saturated heterocycles.